The van der Waals surface area contributed by atoms with Gasteiger partial charge in [0, 0.05) is 23.7 Å². The Labute approximate surface area is 129 Å². The first-order valence-electron chi connectivity index (χ1n) is 6.57. The summed E-state index contributed by atoms with van der Waals surface area (Å²) in [5.74, 6) is 0.529. The molecule has 0 saturated carbocycles. The number of benzene rings is 2. The summed E-state index contributed by atoms with van der Waals surface area (Å²) >= 11 is 4.13. The van der Waals surface area contributed by atoms with Gasteiger partial charge in [-0.05, 0) is 23.8 Å². The maximum absolute atomic E-state index is 12.4. The Hall–Kier alpha value is -1.69. The number of fused-ring (bicyclic) bond motifs is 5. The molecule has 2 aromatic rings. The molecular weight excluding hydrogens is 308 g/mol. The minimum atomic E-state index is -1.31. The van der Waals surface area contributed by atoms with Crippen molar-refractivity contribution in [3.8, 4) is 16.9 Å². The van der Waals surface area contributed by atoms with Crippen LogP contribution in [0.5, 0.6) is 5.75 Å². The van der Waals surface area contributed by atoms with Crippen LogP contribution in [0.15, 0.2) is 40.2 Å². The SMILES string of the molecule is [O-][S+]1Nc2c(ccc3c2=NCCC=3)-c2cc(OCl)ccc21. The minimum Gasteiger partial charge on any atom is -0.588 e. The van der Waals surface area contributed by atoms with Crippen LogP contribution in [0.25, 0.3) is 17.2 Å². The summed E-state index contributed by atoms with van der Waals surface area (Å²) in [4.78, 5) is 5.29. The van der Waals surface area contributed by atoms with E-state index >= 15 is 0 Å². The van der Waals surface area contributed by atoms with Crippen molar-refractivity contribution in [2.24, 2.45) is 4.99 Å². The fourth-order valence-corrected chi connectivity index (χ4v) is 3.90. The summed E-state index contributed by atoms with van der Waals surface area (Å²) in [5, 5.41) is 1.97. The van der Waals surface area contributed by atoms with Gasteiger partial charge in [-0.3, -0.25) is 4.99 Å². The third-order valence-corrected chi connectivity index (χ3v) is 5.02. The second-order valence-corrected chi connectivity index (χ2v) is 6.24. The van der Waals surface area contributed by atoms with Crippen LogP contribution >= 0.6 is 11.9 Å². The number of nitrogens with one attached hydrogen (secondary N) is 1. The van der Waals surface area contributed by atoms with Crippen LogP contribution in [0, 0.1) is 0 Å². The number of hydrogen-bond donors (Lipinski definition) is 1. The molecule has 106 valence electrons. The molecule has 1 atom stereocenters. The van der Waals surface area contributed by atoms with Crippen molar-refractivity contribution < 1.29 is 8.84 Å². The van der Waals surface area contributed by atoms with E-state index in [0.29, 0.717) is 5.75 Å². The highest BCUT2D eigenvalue weighted by atomic mass is 35.5. The van der Waals surface area contributed by atoms with E-state index in [1.54, 1.807) is 18.2 Å². The van der Waals surface area contributed by atoms with E-state index in [4.69, 9.17) is 16.2 Å². The Balaban J connectivity index is 2.04. The van der Waals surface area contributed by atoms with Crippen molar-refractivity contribution in [2.45, 2.75) is 11.3 Å². The van der Waals surface area contributed by atoms with Crippen molar-refractivity contribution in [1.29, 1.82) is 0 Å². The maximum Gasteiger partial charge on any atom is 0.188 e. The molecule has 0 aromatic heterocycles. The molecule has 0 aliphatic carbocycles. The van der Waals surface area contributed by atoms with Crippen LogP contribution in [0.3, 0.4) is 0 Å². The highest BCUT2D eigenvalue weighted by Crippen LogP contribution is 2.38. The Morgan fingerprint density at radius 1 is 1.24 bits per heavy atom. The lowest BCUT2D eigenvalue weighted by atomic mass is 10.0. The van der Waals surface area contributed by atoms with E-state index < -0.39 is 11.4 Å². The minimum absolute atomic E-state index is 0.529. The Morgan fingerprint density at radius 2 is 2.14 bits per heavy atom. The van der Waals surface area contributed by atoms with Gasteiger partial charge in [-0.2, -0.15) is 0 Å². The molecule has 2 aromatic carbocycles. The molecule has 21 heavy (non-hydrogen) atoms. The summed E-state index contributed by atoms with van der Waals surface area (Å²) in [7, 11) is 0. The van der Waals surface area contributed by atoms with Gasteiger partial charge < -0.3 is 8.84 Å². The molecule has 2 aliphatic rings. The van der Waals surface area contributed by atoms with Gasteiger partial charge in [-0.1, -0.05) is 18.2 Å². The fourth-order valence-electron chi connectivity index (χ4n) is 2.74. The molecule has 2 heterocycles. The monoisotopic (exact) mass is 318 g/mol. The standard InChI is InChI=1S/C15H11ClN2O2S/c16-20-10-4-6-13-12(8-10)11-5-3-9-2-1-7-17-14(9)15(11)18-21(13)19/h2-6,8,18H,1,7H2. The van der Waals surface area contributed by atoms with Gasteiger partial charge in [0.25, 0.3) is 0 Å². The summed E-state index contributed by atoms with van der Waals surface area (Å²) in [5.41, 5.74) is 2.66. The molecule has 0 amide bonds. The zero-order valence-corrected chi connectivity index (χ0v) is 12.5. The van der Waals surface area contributed by atoms with Crippen molar-refractivity contribution in [3.63, 3.8) is 0 Å². The predicted molar refractivity (Wildman–Crippen MR) is 83.1 cm³/mol. The topological polar surface area (TPSA) is 56.7 Å². The van der Waals surface area contributed by atoms with Gasteiger partial charge in [0.15, 0.2) is 4.90 Å². The van der Waals surface area contributed by atoms with E-state index in [1.807, 2.05) is 12.1 Å². The highest BCUT2D eigenvalue weighted by Gasteiger charge is 2.28. The highest BCUT2D eigenvalue weighted by molar-refractivity contribution is 7.93. The van der Waals surface area contributed by atoms with Crippen molar-refractivity contribution in [1.82, 2.24) is 0 Å². The molecular formula is C15H11ClN2O2S. The van der Waals surface area contributed by atoms with E-state index in [2.05, 4.69) is 15.8 Å². The second kappa shape index (κ2) is 4.94. The second-order valence-electron chi connectivity index (χ2n) is 4.91. The summed E-state index contributed by atoms with van der Waals surface area (Å²) < 4.78 is 20.2. The molecule has 1 unspecified atom stereocenters. The van der Waals surface area contributed by atoms with E-state index in [0.717, 1.165) is 45.3 Å². The average Bonchev–Trinajstić information content (AvgIpc) is 2.54. The lowest BCUT2D eigenvalue weighted by Gasteiger charge is -2.23. The molecule has 0 bridgehead atoms. The van der Waals surface area contributed by atoms with Crippen molar-refractivity contribution in [3.05, 3.63) is 40.9 Å². The van der Waals surface area contributed by atoms with Gasteiger partial charge in [-0.25, -0.2) is 4.72 Å². The molecule has 6 heteroatoms. The first-order chi connectivity index (χ1) is 10.3. The zero-order valence-electron chi connectivity index (χ0n) is 10.9. The number of hydrogen-bond acceptors (Lipinski definition) is 4. The molecule has 1 N–H and O–H groups in total. The Bertz CT molecular complexity index is 853. The number of halogens is 1. The summed E-state index contributed by atoms with van der Waals surface area (Å²) in [6.45, 7) is 0.759. The predicted octanol–water partition coefficient (Wildman–Crippen LogP) is 2.14. The smallest absolute Gasteiger partial charge is 0.188 e. The number of nitrogens with zero attached hydrogens (tertiary/aromatic N) is 1. The largest absolute Gasteiger partial charge is 0.588 e. The van der Waals surface area contributed by atoms with Crippen LogP contribution < -0.4 is 19.6 Å². The average molecular weight is 319 g/mol. The number of rotatable bonds is 1. The molecule has 2 aliphatic heterocycles. The maximum atomic E-state index is 12.4. The Kier molecular flexibility index (Phi) is 3.06. The lowest BCUT2D eigenvalue weighted by Crippen LogP contribution is -2.34. The molecule has 4 rings (SSSR count). The first-order valence-corrected chi connectivity index (χ1v) is 8.03. The normalized spacial score (nSPS) is 18.3. The van der Waals surface area contributed by atoms with Crippen molar-refractivity contribution in [2.75, 3.05) is 11.3 Å². The quantitative estimate of drug-likeness (QED) is 0.820. The van der Waals surface area contributed by atoms with Crippen LogP contribution in [0.4, 0.5) is 5.69 Å². The van der Waals surface area contributed by atoms with Crippen LogP contribution in [0.2, 0.25) is 0 Å². The molecule has 0 saturated heterocycles. The van der Waals surface area contributed by atoms with Crippen LogP contribution in [-0.2, 0) is 11.4 Å². The van der Waals surface area contributed by atoms with Gasteiger partial charge >= 0.3 is 0 Å². The third-order valence-electron chi connectivity index (χ3n) is 3.70. The lowest BCUT2D eigenvalue weighted by molar-refractivity contribution is 0.598. The van der Waals surface area contributed by atoms with E-state index in [-0.39, 0.29) is 0 Å². The summed E-state index contributed by atoms with van der Waals surface area (Å²) in [6.07, 6.45) is 3.09. The van der Waals surface area contributed by atoms with E-state index in [1.165, 1.54) is 0 Å². The zero-order chi connectivity index (χ0) is 14.4. The molecule has 4 nitrogen and oxygen atoms in total. The van der Waals surface area contributed by atoms with Crippen LogP contribution in [0.1, 0.15) is 6.42 Å². The van der Waals surface area contributed by atoms with Gasteiger partial charge in [0.05, 0.1) is 5.36 Å². The Morgan fingerprint density at radius 3 is 3.00 bits per heavy atom. The van der Waals surface area contributed by atoms with Gasteiger partial charge in [0.1, 0.15) is 34.7 Å². The number of anilines is 1. The van der Waals surface area contributed by atoms with Gasteiger partial charge in [-0.15, -0.1) is 0 Å². The summed E-state index contributed by atoms with van der Waals surface area (Å²) in [6, 6.07) is 9.34. The molecule has 0 fully saturated rings. The van der Waals surface area contributed by atoms with Crippen molar-refractivity contribution >= 4 is 35.0 Å². The van der Waals surface area contributed by atoms with E-state index in [9.17, 15) is 4.55 Å². The molecule has 0 radical (unpaired) electrons. The van der Waals surface area contributed by atoms with Crippen LogP contribution in [-0.4, -0.2) is 11.1 Å². The fraction of sp³-hybridized carbons (Fsp3) is 0.133. The van der Waals surface area contributed by atoms with Gasteiger partial charge in [0.2, 0.25) is 0 Å². The molecule has 0 spiro atoms. The first kappa shape index (κ1) is 13.0. The third kappa shape index (κ3) is 2.00.